The Balaban J connectivity index is 1.65. The van der Waals surface area contributed by atoms with Crippen molar-refractivity contribution in [3.05, 3.63) is 94.8 Å². The number of carbonyl (C=O) groups excluding carboxylic acids is 1. The summed E-state index contributed by atoms with van der Waals surface area (Å²) in [6.07, 6.45) is 0.894. The zero-order valence-electron chi connectivity index (χ0n) is 16.0. The highest BCUT2D eigenvalue weighted by Gasteiger charge is 2.42. The maximum atomic E-state index is 13.3. The normalized spacial score (nSPS) is 18.4. The van der Waals surface area contributed by atoms with Crippen molar-refractivity contribution in [1.29, 1.82) is 0 Å². The van der Waals surface area contributed by atoms with E-state index >= 15 is 0 Å². The summed E-state index contributed by atoms with van der Waals surface area (Å²) in [4.78, 5) is 26.6. The van der Waals surface area contributed by atoms with Crippen molar-refractivity contribution >= 4 is 23.5 Å². The monoisotopic (exact) mass is 423 g/mol. The fourth-order valence-corrected chi connectivity index (χ4v) is 4.25. The minimum absolute atomic E-state index is 0.315. The number of carboxylic acid groups (broad SMARTS) is 1. The second-order valence-corrected chi connectivity index (χ2v) is 7.67. The van der Waals surface area contributed by atoms with Gasteiger partial charge in [-0.2, -0.15) is 0 Å². The van der Waals surface area contributed by atoms with E-state index in [9.17, 15) is 19.1 Å². The van der Waals surface area contributed by atoms with Gasteiger partial charge < -0.3 is 10.0 Å². The Morgan fingerprint density at radius 1 is 0.900 bits per heavy atom. The molecule has 1 fully saturated rings. The average molecular weight is 424 g/mol. The zero-order chi connectivity index (χ0) is 21.3. The van der Waals surface area contributed by atoms with Crippen molar-refractivity contribution in [2.45, 2.75) is 24.9 Å². The van der Waals surface area contributed by atoms with Crippen LogP contribution in [0.2, 0.25) is 5.02 Å². The van der Waals surface area contributed by atoms with E-state index < -0.39 is 18.1 Å². The van der Waals surface area contributed by atoms with Crippen LogP contribution in [-0.2, 0) is 4.79 Å². The Morgan fingerprint density at radius 2 is 1.50 bits per heavy atom. The molecule has 0 radical (unpaired) electrons. The molecular weight excluding hydrogens is 405 g/mol. The number of benzene rings is 3. The molecule has 1 aliphatic rings. The standard InChI is InChI=1S/C24H19ClFNO3/c25-20-4-2-1-3-19(20)21-13-14-22(24(29)30)27(21)23(28)17-7-5-15(6-8-17)16-9-11-18(26)12-10-16/h1-12,21-22H,13-14H2,(H,29,30)/t21-,22+/m1/s1. The quantitative estimate of drug-likeness (QED) is 0.596. The third-order valence-corrected chi connectivity index (χ3v) is 5.82. The molecule has 0 bridgehead atoms. The summed E-state index contributed by atoms with van der Waals surface area (Å²) in [5, 5.41) is 10.2. The number of aliphatic carboxylic acids is 1. The Morgan fingerprint density at radius 3 is 2.10 bits per heavy atom. The second kappa shape index (κ2) is 8.28. The fraction of sp³-hybridized carbons (Fsp3) is 0.167. The summed E-state index contributed by atoms with van der Waals surface area (Å²) < 4.78 is 13.1. The van der Waals surface area contributed by atoms with Gasteiger partial charge in [0.2, 0.25) is 0 Å². The summed E-state index contributed by atoms with van der Waals surface area (Å²) in [7, 11) is 0. The molecule has 2 atom stereocenters. The van der Waals surface area contributed by atoms with Gasteiger partial charge >= 0.3 is 5.97 Å². The van der Waals surface area contributed by atoms with E-state index in [1.54, 1.807) is 48.5 Å². The van der Waals surface area contributed by atoms with Gasteiger partial charge in [0.25, 0.3) is 5.91 Å². The molecule has 0 saturated carbocycles. The van der Waals surface area contributed by atoms with Gasteiger partial charge in [-0.25, -0.2) is 9.18 Å². The van der Waals surface area contributed by atoms with Crippen LogP contribution in [0.1, 0.15) is 34.8 Å². The molecule has 1 heterocycles. The van der Waals surface area contributed by atoms with Gasteiger partial charge in [0.05, 0.1) is 6.04 Å². The largest absolute Gasteiger partial charge is 0.480 e. The van der Waals surface area contributed by atoms with Gasteiger partial charge in [-0.3, -0.25) is 4.79 Å². The van der Waals surface area contributed by atoms with E-state index in [1.165, 1.54) is 17.0 Å². The molecule has 0 unspecified atom stereocenters. The maximum absolute atomic E-state index is 13.3. The van der Waals surface area contributed by atoms with Gasteiger partial charge in [-0.15, -0.1) is 0 Å². The number of hydrogen-bond acceptors (Lipinski definition) is 2. The number of rotatable bonds is 4. The molecule has 152 valence electrons. The van der Waals surface area contributed by atoms with Crippen LogP contribution in [0.15, 0.2) is 72.8 Å². The van der Waals surface area contributed by atoms with Gasteiger partial charge in [0, 0.05) is 10.6 Å². The van der Waals surface area contributed by atoms with E-state index in [0.29, 0.717) is 23.4 Å². The van der Waals surface area contributed by atoms with E-state index in [2.05, 4.69) is 0 Å². The average Bonchev–Trinajstić information content (AvgIpc) is 3.19. The number of likely N-dealkylation sites (tertiary alicyclic amines) is 1. The van der Waals surface area contributed by atoms with Gasteiger partial charge in [-0.05, 0) is 59.9 Å². The predicted octanol–water partition coefficient (Wildman–Crippen LogP) is 5.58. The van der Waals surface area contributed by atoms with Crippen LogP contribution in [-0.4, -0.2) is 27.9 Å². The molecule has 1 saturated heterocycles. The van der Waals surface area contributed by atoms with Crippen LogP contribution in [0.25, 0.3) is 11.1 Å². The molecule has 3 aromatic carbocycles. The van der Waals surface area contributed by atoms with E-state index in [4.69, 9.17) is 11.6 Å². The SMILES string of the molecule is O=C(O)[C@@H]1CC[C@H](c2ccccc2Cl)N1C(=O)c1ccc(-c2ccc(F)cc2)cc1. The topological polar surface area (TPSA) is 57.6 Å². The Kier molecular flexibility index (Phi) is 5.55. The number of nitrogens with zero attached hydrogens (tertiary/aromatic N) is 1. The summed E-state index contributed by atoms with van der Waals surface area (Å²) >= 11 is 6.34. The number of carboxylic acids is 1. The minimum Gasteiger partial charge on any atom is -0.480 e. The molecule has 0 aliphatic carbocycles. The fourth-order valence-electron chi connectivity index (χ4n) is 3.98. The van der Waals surface area contributed by atoms with Crippen LogP contribution in [0, 0.1) is 5.82 Å². The van der Waals surface area contributed by atoms with Crippen molar-refractivity contribution in [3.63, 3.8) is 0 Å². The van der Waals surface area contributed by atoms with Crippen molar-refractivity contribution in [3.8, 4) is 11.1 Å². The first-order valence-electron chi connectivity index (χ1n) is 9.61. The molecule has 1 aliphatic heterocycles. The van der Waals surface area contributed by atoms with Crippen LogP contribution in [0.4, 0.5) is 4.39 Å². The van der Waals surface area contributed by atoms with Gasteiger partial charge in [0.1, 0.15) is 11.9 Å². The van der Waals surface area contributed by atoms with Crippen molar-refractivity contribution < 1.29 is 19.1 Å². The van der Waals surface area contributed by atoms with Crippen LogP contribution in [0.5, 0.6) is 0 Å². The first-order chi connectivity index (χ1) is 14.5. The third kappa shape index (κ3) is 3.81. The van der Waals surface area contributed by atoms with E-state index in [-0.39, 0.29) is 11.7 Å². The van der Waals surface area contributed by atoms with E-state index in [1.807, 2.05) is 12.1 Å². The summed E-state index contributed by atoms with van der Waals surface area (Å²) in [6.45, 7) is 0. The second-order valence-electron chi connectivity index (χ2n) is 7.27. The molecule has 6 heteroatoms. The third-order valence-electron chi connectivity index (χ3n) is 5.48. The molecule has 3 aromatic rings. The predicted molar refractivity (Wildman–Crippen MR) is 113 cm³/mol. The lowest BCUT2D eigenvalue weighted by Crippen LogP contribution is -2.41. The molecule has 0 spiro atoms. The number of amides is 1. The van der Waals surface area contributed by atoms with E-state index in [0.717, 1.165) is 16.7 Å². The summed E-state index contributed by atoms with van der Waals surface area (Å²) in [6, 6.07) is 18.9. The maximum Gasteiger partial charge on any atom is 0.326 e. The molecule has 4 nitrogen and oxygen atoms in total. The lowest BCUT2D eigenvalue weighted by atomic mass is 10.0. The minimum atomic E-state index is -1.03. The highest BCUT2D eigenvalue weighted by atomic mass is 35.5. The molecule has 30 heavy (non-hydrogen) atoms. The van der Waals surface area contributed by atoms with Crippen LogP contribution in [0.3, 0.4) is 0 Å². The molecular formula is C24H19ClFNO3. The van der Waals surface area contributed by atoms with Gasteiger partial charge in [0.15, 0.2) is 0 Å². The highest BCUT2D eigenvalue weighted by molar-refractivity contribution is 6.31. The van der Waals surface area contributed by atoms with Crippen LogP contribution >= 0.6 is 11.6 Å². The zero-order valence-corrected chi connectivity index (χ0v) is 16.7. The number of carbonyl (C=O) groups is 2. The number of halogens is 2. The van der Waals surface area contributed by atoms with Crippen molar-refractivity contribution in [1.82, 2.24) is 4.90 Å². The Bertz CT molecular complexity index is 1080. The van der Waals surface area contributed by atoms with Crippen molar-refractivity contribution in [2.75, 3.05) is 0 Å². The van der Waals surface area contributed by atoms with Crippen LogP contribution < -0.4 is 0 Å². The molecule has 1 N–H and O–H groups in total. The molecule has 1 amide bonds. The summed E-state index contributed by atoms with van der Waals surface area (Å²) in [5.41, 5.74) is 2.81. The first-order valence-corrected chi connectivity index (χ1v) is 9.99. The summed E-state index contributed by atoms with van der Waals surface area (Å²) in [5.74, 6) is -1.69. The molecule has 0 aromatic heterocycles. The first kappa shape index (κ1) is 20.1. The Hall–Kier alpha value is -3.18. The lowest BCUT2D eigenvalue weighted by molar-refractivity contribution is -0.141. The van der Waals surface area contributed by atoms with Crippen molar-refractivity contribution in [2.24, 2.45) is 0 Å². The number of hydrogen-bond donors (Lipinski definition) is 1. The molecule has 4 rings (SSSR count). The Labute approximate surface area is 178 Å². The van der Waals surface area contributed by atoms with Gasteiger partial charge in [-0.1, -0.05) is 54.1 Å². The highest BCUT2D eigenvalue weighted by Crippen LogP contribution is 2.40. The smallest absolute Gasteiger partial charge is 0.326 e. The lowest BCUT2D eigenvalue weighted by Gasteiger charge is -2.29.